The molecule has 1 amide bonds. The lowest BCUT2D eigenvalue weighted by atomic mass is 9.87. The molecule has 1 heterocycles. The zero-order valence-electron chi connectivity index (χ0n) is 12.3. The Hall–Kier alpha value is -0.830. The van der Waals surface area contributed by atoms with Crippen LogP contribution in [0, 0.1) is 11.8 Å². The van der Waals surface area contributed by atoms with Crippen LogP contribution in [0.2, 0.25) is 0 Å². The van der Waals surface area contributed by atoms with E-state index in [1.807, 2.05) is 0 Å². The number of fused-ring (bicyclic) bond motifs is 1. The minimum Gasteiger partial charge on any atom is -0.351 e. The van der Waals surface area contributed by atoms with Crippen LogP contribution in [0.25, 0.3) is 0 Å². The third-order valence-electron chi connectivity index (χ3n) is 3.99. The maximum Gasteiger partial charge on any atom is 0.261 e. The van der Waals surface area contributed by atoms with Crippen LogP contribution >= 0.6 is 11.3 Å². The van der Waals surface area contributed by atoms with Gasteiger partial charge in [-0.2, -0.15) is 0 Å². The highest BCUT2D eigenvalue weighted by atomic mass is 32.1. The highest BCUT2D eigenvalue weighted by Gasteiger charge is 2.21. The largest absolute Gasteiger partial charge is 0.351 e. The van der Waals surface area contributed by atoms with E-state index in [-0.39, 0.29) is 5.91 Å². The van der Waals surface area contributed by atoms with Gasteiger partial charge in [-0.25, -0.2) is 0 Å². The van der Waals surface area contributed by atoms with Crippen molar-refractivity contribution < 1.29 is 4.79 Å². The van der Waals surface area contributed by atoms with E-state index >= 15 is 0 Å². The van der Waals surface area contributed by atoms with Crippen LogP contribution in [-0.4, -0.2) is 12.5 Å². The number of amides is 1. The molecule has 0 saturated carbocycles. The zero-order chi connectivity index (χ0) is 13.8. The summed E-state index contributed by atoms with van der Waals surface area (Å²) in [6, 6.07) is 2.13. The van der Waals surface area contributed by atoms with Crippen LogP contribution in [0.4, 0.5) is 0 Å². The summed E-state index contributed by atoms with van der Waals surface area (Å²) in [5.41, 5.74) is 1.43. The van der Waals surface area contributed by atoms with Gasteiger partial charge in [-0.15, -0.1) is 11.3 Å². The molecule has 0 spiro atoms. The summed E-state index contributed by atoms with van der Waals surface area (Å²) in [5.74, 6) is 1.58. The summed E-state index contributed by atoms with van der Waals surface area (Å²) < 4.78 is 0. The molecule has 3 heteroatoms. The maximum absolute atomic E-state index is 12.1. The smallest absolute Gasteiger partial charge is 0.261 e. The summed E-state index contributed by atoms with van der Waals surface area (Å²) in [5, 5.41) is 3.04. The van der Waals surface area contributed by atoms with Crippen molar-refractivity contribution in [1.29, 1.82) is 0 Å². The van der Waals surface area contributed by atoms with Gasteiger partial charge in [-0.1, -0.05) is 27.2 Å². The Morgan fingerprint density at radius 2 is 2.32 bits per heavy atom. The van der Waals surface area contributed by atoms with E-state index in [0.29, 0.717) is 5.92 Å². The molecular weight excluding hydrogens is 254 g/mol. The summed E-state index contributed by atoms with van der Waals surface area (Å²) in [6.45, 7) is 7.42. The number of nitrogens with one attached hydrogen (secondary N) is 1. The summed E-state index contributed by atoms with van der Waals surface area (Å²) in [4.78, 5) is 14.4. The van der Waals surface area contributed by atoms with E-state index in [4.69, 9.17) is 0 Å². The molecule has 2 rings (SSSR count). The fraction of sp³-hybridized carbons (Fsp3) is 0.688. The second-order valence-electron chi connectivity index (χ2n) is 6.01. The Bertz CT molecular complexity index is 436. The summed E-state index contributed by atoms with van der Waals surface area (Å²) in [7, 11) is 0. The molecule has 0 bridgehead atoms. The van der Waals surface area contributed by atoms with Crippen molar-refractivity contribution >= 4 is 17.2 Å². The molecule has 1 aromatic heterocycles. The minimum absolute atomic E-state index is 0.119. The average Bonchev–Trinajstić information content (AvgIpc) is 2.80. The second kappa shape index (κ2) is 6.56. The van der Waals surface area contributed by atoms with Gasteiger partial charge < -0.3 is 5.32 Å². The van der Waals surface area contributed by atoms with Crippen LogP contribution in [0.5, 0.6) is 0 Å². The lowest BCUT2D eigenvalue weighted by molar-refractivity contribution is 0.0956. The van der Waals surface area contributed by atoms with Crippen LogP contribution in [0.1, 0.15) is 60.1 Å². The van der Waals surface area contributed by atoms with Gasteiger partial charge in [0.25, 0.3) is 5.91 Å². The van der Waals surface area contributed by atoms with E-state index in [1.165, 1.54) is 29.7 Å². The van der Waals surface area contributed by atoms with Crippen LogP contribution < -0.4 is 5.32 Å². The van der Waals surface area contributed by atoms with Gasteiger partial charge in [0, 0.05) is 11.4 Å². The average molecular weight is 279 g/mol. The van der Waals surface area contributed by atoms with Crippen molar-refractivity contribution in [3.05, 3.63) is 21.4 Å². The molecule has 1 aliphatic rings. The number of hydrogen-bond acceptors (Lipinski definition) is 2. The number of aryl methyl sites for hydroxylation is 1. The molecule has 0 aromatic carbocycles. The van der Waals surface area contributed by atoms with Gasteiger partial charge in [0.15, 0.2) is 0 Å². The van der Waals surface area contributed by atoms with Gasteiger partial charge in [-0.05, 0) is 49.1 Å². The molecule has 1 aromatic rings. The van der Waals surface area contributed by atoms with Crippen molar-refractivity contribution in [2.45, 2.75) is 52.9 Å². The standard InChI is InChI=1S/C16H25NOS/c1-4-12-5-6-14-13(9-12)10-15(19-14)16(18)17-8-7-11(2)3/h10-12H,4-9H2,1-3H3,(H,17,18). The van der Waals surface area contributed by atoms with Crippen LogP contribution in [-0.2, 0) is 12.8 Å². The fourth-order valence-corrected chi connectivity index (χ4v) is 3.75. The lowest BCUT2D eigenvalue weighted by Gasteiger charge is -2.19. The third-order valence-corrected chi connectivity index (χ3v) is 5.23. The molecule has 2 nitrogen and oxygen atoms in total. The number of thiophene rings is 1. The third kappa shape index (κ3) is 3.82. The highest BCUT2D eigenvalue weighted by Crippen LogP contribution is 2.33. The van der Waals surface area contributed by atoms with E-state index in [0.717, 1.165) is 30.2 Å². The van der Waals surface area contributed by atoms with Gasteiger partial charge in [0.1, 0.15) is 0 Å². The zero-order valence-corrected chi connectivity index (χ0v) is 13.1. The second-order valence-corrected chi connectivity index (χ2v) is 7.15. The van der Waals surface area contributed by atoms with Crippen molar-refractivity contribution in [3.8, 4) is 0 Å². The maximum atomic E-state index is 12.1. The Morgan fingerprint density at radius 3 is 3.00 bits per heavy atom. The summed E-state index contributed by atoms with van der Waals surface area (Å²) >= 11 is 1.70. The number of rotatable bonds is 5. The van der Waals surface area contributed by atoms with Crippen molar-refractivity contribution in [1.82, 2.24) is 5.32 Å². The molecule has 1 N–H and O–H groups in total. The predicted molar refractivity (Wildman–Crippen MR) is 81.9 cm³/mol. The van der Waals surface area contributed by atoms with Crippen molar-refractivity contribution in [2.24, 2.45) is 11.8 Å². The molecule has 19 heavy (non-hydrogen) atoms. The monoisotopic (exact) mass is 279 g/mol. The first-order chi connectivity index (χ1) is 9.10. The fourth-order valence-electron chi connectivity index (χ4n) is 2.62. The van der Waals surface area contributed by atoms with E-state index < -0.39 is 0 Å². The minimum atomic E-state index is 0.119. The Labute approximate surface area is 120 Å². The molecular formula is C16H25NOS. The first-order valence-electron chi connectivity index (χ1n) is 7.50. The lowest BCUT2D eigenvalue weighted by Crippen LogP contribution is -2.24. The van der Waals surface area contributed by atoms with E-state index in [9.17, 15) is 4.79 Å². The first-order valence-corrected chi connectivity index (χ1v) is 8.31. The topological polar surface area (TPSA) is 29.1 Å². The number of carbonyl (C=O) groups is 1. The van der Waals surface area contributed by atoms with Crippen molar-refractivity contribution in [3.63, 3.8) is 0 Å². The molecule has 1 unspecified atom stereocenters. The molecule has 0 saturated heterocycles. The highest BCUT2D eigenvalue weighted by molar-refractivity contribution is 7.14. The Morgan fingerprint density at radius 1 is 1.53 bits per heavy atom. The molecule has 106 valence electrons. The number of carbonyl (C=O) groups excluding carboxylic acids is 1. The molecule has 0 aliphatic heterocycles. The van der Waals surface area contributed by atoms with Crippen molar-refractivity contribution in [2.75, 3.05) is 6.54 Å². The Balaban J connectivity index is 1.95. The predicted octanol–water partition coefficient (Wildman–Crippen LogP) is 4.04. The quantitative estimate of drug-likeness (QED) is 0.866. The summed E-state index contributed by atoms with van der Waals surface area (Å²) in [6.07, 6.45) is 5.93. The van der Waals surface area contributed by atoms with Crippen LogP contribution in [0.3, 0.4) is 0 Å². The van der Waals surface area contributed by atoms with Gasteiger partial charge >= 0.3 is 0 Å². The Kier molecular flexibility index (Phi) is 5.03. The molecule has 1 atom stereocenters. The van der Waals surface area contributed by atoms with E-state index in [2.05, 4.69) is 32.2 Å². The molecule has 1 aliphatic carbocycles. The van der Waals surface area contributed by atoms with Crippen LogP contribution in [0.15, 0.2) is 6.07 Å². The van der Waals surface area contributed by atoms with E-state index in [1.54, 1.807) is 11.3 Å². The normalized spacial score (nSPS) is 18.4. The molecule has 0 radical (unpaired) electrons. The first kappa shape index (κ1) is 14.6. The van der Waals surface area contributed by atoms with Gasteiger partial charge in [0.05, 0.1) is 4.88 Å². The number of hydrogen-bond donors (Lipinski definition) is 1. The molecule has 0 fully saturated rings. The van der Waals surface area contributed by atoms with Gasteiger partial charge in [-0.3, -0.25) is 4.79 Å². The van der Waals surface area contributed by atoms with Gasteiger partial charge in [0.2, 0.25) is 0 Å². The SMILES string of the molecule is CCC1CCc2sc(C(=O)NCCC(C)C)cc2C1.